The Morgan fingerprint density at radius 2 is 1.83 bits per heavy atom. The fraction of sp³-hybridized carbons (Fsp3) is 0.429. The number of nitrogens with zero attached hydrogens (tertiary/aromatic N) is 2. The van der Waals surface area contributed by atoms with Crippen LogP contribution in [-0.2, 0) is 14.8 Å². The molecule has 8 nitrogen and oxygen atoms in total. The molecule has 2 aromatic rings. The molecule has 1 saturated carbocycles. The summed E-state index contributed by atoms with van der Waals surface area (Å²) in [5, 5.41) is 9.21. The summed E-state index contributed by atoms with van der Waals surface area (Å²) >= 11 is 0. The first-order valence-corrected chi connectivity index (χ1v) is 11.5. The van der Waals surface area contributed by atoms with Gasteiger partial charge in [0.15, 0.2) is 6.23 Å². The third-order valence-corrected chi connectivity index (χ3v) is 7.69. The summed E-state index contributed by atoms with van der Waals surface area (Å²) in [7, 11) is -3.97. The topological polar surface area (TPSA) is 106 Å². The van der Waals surface area contributed by atoms with Crippen molar-refractivity contribution in [3.05, 3.63) is 48.7 Å². The first-order valence-electron chi connectivity index (χ1n) is 10.1. The Balaban J connectivity index is 1.57. The van der Waals surface area contributed by atoms with Crippen LogP contribution < -0.4 is 4.74 Å². The molecule has 0 radical (unpaired) electrons. The van der Waals surface area contributed by atoms with E-state index < -0.39 is 22.4 Å². The molecule has 30 heavy (non-hydrogen) atoms. The minimum Gasteiger partial charge on any atom is -0.450 e. The van der Waals surface area contributed by atoms with Crippen LogP contribution in [0.2, 0.25) is 0 Å². The zero-order valence-corrected chi connectivity index (χ0v) is 17.2. The molecule has 1 N–H and O–H groups in total. The van der Waals surface area contributed by atoms with Gasteiger partial charge in [0.05, 0.1) is 6.20 Å². The van der Waals surface area contributed by atoms with E-state index in [0.717, 1.165) is 25.7 Å². The van der Waals surface area contributed by atoms with Crippen molar-refractivity contribution < 1.29 is 27.8 Å². The quantitative estimate of drug-likeness (QED) is 0.709. The summed E-state index contributed by atoms with van der Waals surface area (Å²) in [4.78, 5) is 15.4. The van der Waals surface area contributed by atoms with Gasteiger partial charge in [-0.15, -0.1) is 0 Å². The van der Waals surface area contributed by atoms with Gasteiger partial charge in [-0.25, -0.2) is 18.2 Å². The van der Waals surface area contributed by atoms with E-state index in [1.807, 2.05) is 18.2 Å². The Morgan fingerprint density at radius 1 is 1.07 bits per heavy atom. The fourth-order valence-electron chi connectivity index (χ4n) is 4.43. The minimum absolute atomic E-state index is 0.0174. The Labute approximate surface area is 175 Å². The average molecular weight is 432 g/mol. The van der Waals surface area contributed by atoms with Gasteiger partial charge >= 0.3 is 6.16 Å². The van der Waals surface area contributed by atoms with E-state index >= 15 is 0 Å². The fourth-order valence-corrected chi connectivity index (χ4v) is 5.95. The lowest BCUT2D eigenvalue weighted by molar-refractivity contribution is -0.0819. The molecule has 2 heterocycles. The Bertz CT molecular complexity index is 980. The number of carbonyl (C=O) groups is 1. The van der Waals surface area contributed by atoms with Gasteiger partial charge in [-0.1, -0.05) is 31.0 Å². The van der Waals surface area contributed by atoms with Gasteiger partial charge in [0.1, 0.15) is 10.6 Å². The smallest absolute Gasteiger partial charge is 0.450 e. The molecule has 1 aromatic heterocycles. The standard InChI is InChI=1S/C21H24N2O6S/c24-21(25)29-20-18-9-5-4-6-15(18)12-13-23(20)30(26,27)17-10-11-19(22-14-17)28-16-7-2-1-3-8-16/h1-3,7-8,10-11,14-15,18,20H,4-6,9,12-13H2,(H,24,25). The van der Waals surface area contributed by atoms with Crippen LogP contribution >= 0.6 is 0 Å². The number of hydrogen-bond acceptors (Lipinski definition) is 6. The molecular formula is C21H24N2O6S. The van der Waals surface area contributed by atoms with Gasteiger partial charge in [0, 0.05) is 18.5 Å². The van der Waals surface area contributed by atoms with E-state index in [9.17, 15) is 18.3 Å². The summed E-state index contributed by atoms with van der Waals surface area (Å²) in [5.41, 5.74) is 0. The lowest BCUT2D eigenvalue weighted by Crippen LogP contribution is -2.54. The zero-order valence-electron chi connectivity index (χ0n) is 16.4. The van der Waals surface area contributed by atoms with Gasteiger partial charge in [0.25, 0.3) is 0 Å². The van der Waals surface area contributed by atoms with E-state index in [1.54, 1.807) is 12.1 Å². The summed E-state index contributed by atoms with van der Waals surface area (Å²) in [5.74, 6) is 1.03. The number of benzene rings is 1. The Hall–Kier alpha value is -2.65. The van der Waals surface area contributed by atoms with Crippen LogP contribution in [0.1, 0.15) is 32.1 Å². The molecule has 1 aliphatic carbocycles. The lowest BCUT2D eigenvalue weighted by atomic mass is 9.74. The predicted octanol–water partition coefficient (Wildman–Crippen LogP) is 4.10. The molecule has 4 rings (SSSR count). The van der Waals surface area contributed by atoms with Gasteiger partial charge in [0.2, 0.25) is 15.9 Å². The number of carboxylic acid groups (broad SMARTS) is 1. The van der Waals surface area contributed by atoms with Crippen LogP contribution in [0.5, 0.6) is 11.6 Å². The number of ether oxygens (including phenoxy) is 2. The minimum atomic E-state index is -3.97. The van der Waals surface area contributed by atoms with Crippen LogP contribution in [0.4, 0.5) is 4.79 Å². The molecule has 160 valence electrons. The molecule has 0 spiro atoms. The van der Waals surface area contributed by atoms with E-state index in [1.165, 1.54) is 22.6 Å². The second-order valence-electron chi connectivity index (χ2n) is 7.63. The third-order valence-electron chi connectivity index (χ3n) is 5.84. The van der Waals surface area contributed by atoms with Crippen LogP contribution in [0, 0.1) is 11.8 Å². The summed E-state index contributed by atoms with van der Waals surface area (Å²) in [6.07, 6.45) is 3.23. The highest BCUT2D eigenvalue weighted by Gasteiger charge is 2.46. The molecular weight excluding hydrogens is 408 g/mol. The van der Waals surface area contributed by atoms with Crippen molar-refractivity contribution in [1.82, 2.24) is 9.29 Å². The monoisotopic (exact) mass is 432 g/mol. The van der Waals surface area contributed by atoms with E-state index in [4.69, 9.17) is 9.47 Å². The van der Waals surface area contributed by atoms with E-state index in [-0.39, 0.29) is 29.2 Å². The maximum Gasteiger partial charge on any atom is 0.507 e. The molecule has 1 aliphatic heterocycles. The predicted molar refractivity (Wildman–Crippen MR) is 108 cm³/mol. The van der Waals surface area contributed by atoms with Crippen molar-refractivity contribution in [2.24, 2.45) is 11.8 Å². The van der Waals surface area contributed by atoms with Crippen LogP contribution in [0.15, 0.2) is 53.6 Å². The number of piperidine rings is 1. The summed E-state index contributed by atoms with van der Waals surface area (Å²) in [6, 6.07) is 12.0. The van der Waals surface area contributed by atoms with Crippen molar-refractivity contribution in [2.75, 3.05) is 6.54 Å². The van der Waals surface area contributed by atoms with Crippen molar-refractivity contribution in [2.45, 2.75) is 43.2 Å². The first kappa shape index (κ1) is 20.6. The molecule has 3 atom stereocenters. The molecule has 3 unspecified atom stereocenters. The zero-order chi connectivity index (χ0) is 21.1. The molecule has 1 saturated heterocycles. The average Bonchev–Trinajstić information content (AvgIpc) is 2.74. The first-order chi connectivity index (χ1) is 14.4. The molecule has 2 aliphatic rings. The van der Waals surface area contributed by atoms with Crippen LogP contribution in [-0.4, -0.2) is 41.7 Å². The van der Waals surface area contributed by atoms with Gasteiger partial charge in [-0.3, -0.25) is 0 Å². The largest absolute Gasteiger partial charge is 0.507 e. The van der Waals surface area contributed by atoms with Crippen molar-refractivity contribution in [3.8, 4) is 11.6 Å². The maximum atomic E-state index is 13.3. The van der Waals surface area contributed by atoms with Crippen molar-refractivity contribution in [3.63, 3.8) is 0 Å². The number of hydrogen-bond donors (Lipinski definition) is 1. The SMILES string of the molecule is O=C(O)OC1C2CCCCC2CCN1S(=O)(=O)c1ccc(Oc2ccccc2)nc1. The number of fused-ring (bicyclic) bond motifs is 1. The lowest BCUT2D eigenvalue weighted by Gasteiger charge is -2.45. The molecule has 0 amide bonds. The number of pyridine rings is 1. The number of para-hydroxylation sites is 1. The molecule has 2 fully saturated rings. The molecule has 9 heteroatoms. The summed E-state index contributed by atoms with van der Waals surface area (Å²) in [6.45, 7) is 0.226. The highest BCUT2D eigenvalue weighted by molar-refractivity contribution is 7.89. The number of sulfonamides is 1. The Morgan fingerprint density at radius 3 is 2.53 bits per heavy atom. The second kappa shape index (κ2) is 8.61. The van der Waals surface area contributed by atoms with Crippen molar-refractivity contribution >= 4 is 16.2 Å². The highest BCUT2D eigenvalue weighted by atomic mass is 32.2. The maximum absolute atomic E-state index is 13.3. The van der Waals surface area contributed by atoms with Gasteiger partial charge in [-0.05, 0) is 43.4 Å². The van der Waals surface area contributed by atoms with Gasteiger partial charge in [-0.2, -0.15) is 4.31 Å². The Kier molecular flexibility index (Phi) is 5.92. The second-order valence-corrected chi connectivity index (χ2v) is 9.52. The summed E-state index contributed by atoms with van der Waals surface area (Å²) < 4.78 is 38.5. The number of rotatable bonds is 5. The highest BCUT2D eigenvalue weighted by Crippen LogP contribution is 2.42. The van der Waals surface area contributed by atoms with E-state index in [0.29, 0.717) is 12.2 Å². The normalized spacial score (nSPS) is 24.6. The third kappa shape index (κ3) is 4.27. The van der Waals surface area contributed by atoms with Gasteiger partial charge < -0.3 is 14.6 Å². The van der Waals surface area contributed by atoms with Crippen LogP contribution in [0.25, 0.3) is 0 Å². The number of aromatic nitrogens is 1. The molecule has 0 bridgehead atoms. The van der Waals surface area contributed by atoms with Crippen LogP contribution in [0.3, 0.4) is 0 Å². The van der Waals surface area contributed by atoms with E-state index in [2.05, 4.69) is 4.98 Å². The van der Waals surface area contributed by atoms with Crippen molar-refractivity contribution in [1.29, 1.82) is 0 Å². The molecule has 1 aromatic carbocycles.